The van der Waals surface area contributed by atoms with Gasteiger partial charge in [0.15, 0.2) is 0 Å². The molecule has 3 heteroatoms. The maximum Gasteiger partial charge on any atom is 0.131 e. The van der Waals surface area contributed by atoms with E-state index in [2.05, 4.69) is 4.90 Å². The Labute approximate surface area is 111 Å². The molecule has 3 nitrogen and oxygen atoms in total. The molecule has 2 aliphatic rings. The Balaban J connectivity index is 1.82. The van der Waals surface area contributed by atoms with Crippen LogP contribution in [0.4, 0.5) is 0 Å². The molecule has 2 fully saturated rings. The van der Waals surface area contributed by atoms with Crippen LogP contribution in [0.3, 0.4) is 0 Å². The van der Waals surface area contributed by atoms with E-state index in [1.54, 1.807) is 6.92 Å². The van der Waals surface area contributed by atoms with Gasteiger partial charge < -0.3 is 4.74 Å². The standard InChI is InChI=1S/C15H27NO2/c1-13(17)12-14-6-3-2-4-9-16(14)10-8-15-7-5-11-18-15/h14-15H,2-12H2,1H3. The fraction of sp³-hybridized carbons (Fsp3) is 0.933. The van der Waals surface area contributed by atoms with E-state index in [-0.39, 0.29) is 0 Å². The topological polar surface area (TPSA) is 29.5 Å². The lowest BCUT2D eigenvalue weighted by atomic mass is 10.0. The van der Waals surface area contributed by atoms with Gasteiger partial charge >= 0.3 is 0 Å². The fourth-order valence-electron chi connectivity index (χ4n) is 3.28. The number of rotatable bonds is 5. The summed E-state index contributed by atoms with van der Waals surface area (Å²) in [5.41, 5.74) is 0. The van der Waals surface area contributed by atoms with E-state index < -0.39 is 0 Å². The van der Waals surface area contributed by atoms with Crippen LogP contribution in [0.2, 0.25) is 0 Å². The predicted molar refractivity (Wildman–Crippen MR) is 72.7 cm³/mol. The van der Waals surface area contributed by atoms with Crippen molar-refractivity contribution in [2.45, 2.75) is 70.4 Å². The monoisotopic (exact) mass is 253 g/mol. The Bertz CT molecular complexity index is 261. The van der Waals surface area contributed by atoms with Gasteiger partial charge in [0.05, 0.1) is 6.10 Å². The average molecular weight is 253 g/mol. The number of carbonyl (C=O) groups excluding carboxylic acids is 1. The fourth-order valence-corrected chi connectivity index (χ4v) is 3.28. The van der Waals surface area contributed by atoms with Crippen LogP contribution in [0.25, 0.3) is 0 Å². The van der Waals surface area contributed by atoms with Gasteiger partial charge in [0.25, 0.3) is 0 Å². The molecule has 18 heavy (non-hydrogen) atoms. The Hall–Kier alpha value is -0.410. The number of likely N-dealkylation sites (tertiary alicyclic amines) is 1. The number of nitrogens with zero attached hydrogens (tertiary/aromatic N) is 1. The van der Waals surface area contributed by atoms with Gasteiger partial charge in [0.1, 0.15) is 5.78 Å². The normalized spacial score (nSPS) is 30.3. The van der Waals surface area contributed by atoms with Crippen molar-refractivity contribution >= 4 is 5.78 Å². The first-order valence-electron chi connectivity index (χ1n) is 7.61. The lowest BCUT2D eigenvalue weighted by Gasteiger charge is -2.30. The van der Waals surface area contributed by atoms with Crippen LogP contribution < -0.4 is 0 Å². The second-order valence-corrected chi connectivity index (χ2v) is 5.87. The van der Waals surface area contributed by atoms with Gasteiger partial charge in [-0.15, -0.1) is 0 Å². The van der Waals surface area contributed by atoms with E-state index in [4.69, 9.17) is 4.74 Å². The number of hydrogen-bond donors (Lipinski definition) is 0. The van der Waals surface area contributed by atoms with Crippen molar-refractivity contribution in [3.63, 3.8) is 0 Å². The summed E-state index contributed by atoms with van der Waals surface area (Å²) in [6.07, 6.45) is 9.92. The molecule has 0 saturated carbocycles. The van der Waals surface area contributed by atoms with Gasteiger partial charge in [-0.25, -0.2) is 0 Å². The van der Waals surface area contributed by atoms with Gasteiger partial charge in [0, 0.05) is 25.6 Å². The van der Waals surface area contributed by atoms with Gasteiger partial charge in [-0.05, 0) is 45.6 Å². The van der Waals surface area contributed by atoms with E-state index in [9.17, 15) is 4.79 Å². The number of Topliss-reactive ketones (excluding diaryl/α,β-unsaturated/α-hetero) is 1. The number of ketones is 1. The van der Waals surface area contributed by atoms with Crippen molar-refractivity contribution in [3.8, 4) is 0 Å². The summed E-state index contributed by atoms with van der Waals surface area (Å²) in [5.74, 6) is 0.337. The molecule has 0 aromatic heterocycles. The molecule has 0 aromatic rings. The maximum absolute atomic E-state index is 11.4. The SMILES string of the molecule is CC(=O)CC1CCCCCN1CCC1CCCO1. The van der Waals surface area contributed by atoms with E-state index in [1.165, 1.54) is 45.1 Å². The molecular formula is C15H27NO2. The van der Waals surface area contributed by atoms with Gasteiger partial charge in [-0.3, -0.25) is 9.69 Å². The lowest BCUT2D eigenvalue weighted by Crippen LogP contribution is -2.38. The van der Waals surface area contributed by atoms with Crippen molar-refractivity contribution in [2.75, 3.05) is 19.7 Å². The highest BCUT2D eigenvalue weighted by molar-refractivity contribution is 5.76. The van der Waals surface area contributed by atoms with E-state index in [0.717, 1.165) is 26.0 Å². The molecule has 0 N–H and O–H groups in total. The molecule has 2 rings (SSSR count). The minimum Gasteiger partial charge on any atom is -0.378 e. The molecule has 2 atom stereocenters. The zero-order valence-corrected chi connectivity index (χ0v) is 11.7. The average Bonchev–Trinajstić information content (AvgIpc) is 2.75. The van der Waals surface area contributed by atoms with Crippen LogP contribution in [0.1, 0.15) is 58.3 Å². The first-order chi connectivity index (χ1) is 8.75. The predicted octanol–water partition coefficient (Wildman–Crippen LogP) is 2.78. The minimum atomic E-state index is 0.337. The number of ether oxygens (including phenoxy) is 1. The first-order valence-corrected chi connectivity index (χ1v) is 7.61. The molecule has 2 saturated heterocycles. The van der Waals surface area contributed by atoms with Crippen molar-refractivity contribution in [1.82, 2.24) is 4.90 Å². The highest BCUT2D eigenvalue weighted by atomic mass is 16.5. The molecule has 2 heterocycles. The molecule has 0 bridgehead atoms. The highest BCUT2D eigenvalue weighted by Gasteiger charge is 2.24. The molecule has 0 amide bonds. The highest BCUT2D eigenvalue weighted by Crippen LogP contribution is 2.22. The summed E-state index contributed by atoms with van der Waals surface area (Å²) in [4.78, 5) is 13.9. The van der Waals surface area contributed by atoms with Gasteiger partial charge in [-0.1, -0.05) is 12.8 Å². The summed E-state index contributed by atoms with van der Waals surface area (Å²) >= 11 is 0. The summed E-state index contributed by atoms with van der Waals surface area (Å²) in [6, 6.07) is 0.492. The van der Waals surface area contributed by atoms with Crippen LogP contribution in [0, 0.1) is 0 Å². The number of carbonyl (C=O) groups is 1. The molecule has 0 aromatic carbocycles. The summed E-state index contributed by atoms with van der Waals surface area (Å²) in [6.45, 7) is 4.96. The maximum atomic E-state index is 11.4. The van der Waals surface area contributed by atoms with Crippen molar-refractivity contribution in [1.29, 1.82) is 0 Å². The van der Waals surface area contributed by atoms with Crippen LogP contribution in [-0.2, 0) is 9.53 Å². The zero-order valence-electron chi connectivity index (χ0n) is 11.7. The molecular weight excluding hydrogens is 226 g/mol. The molecule has 2 unspecified atom stereocenters. The number of hydrogen-bond acceptors (Lipinski definition) is 3. The third-order valence-corrected chi connectivity index (χ3v) is 4.28. The Morgan fingerprint density at radius 3 is 2.83 bits per heavy atom. The second kappa shape index (κ2) is 7.25. The van der Waals surface area contributed by atoms with Crippen LogP contribution in [0.5, 0.6) is 0 Å². The van der Waals surface area contributed by atoms with E-state index in [1.807, 2.05) is 0 Å². The molecule has 104 valence electrons. The van der Waals surface area contributed by atoms with Crippen molar-refractivity contribution in [2.24, 2.45) is 0 Å². The second-order valence-electron chi connectivity index (χ2n) is 5.87. The van der Waals surface area contributed by atoms with Crippen LogP contribution >= 0.6 is 0 Å². The first kappa shape index (κ1) is 14.0. The third-order valence-electron chi connectivity index (χ3n) is 4.28. The van der Waals surface area contributed by atoms with Crippen LogP contribution in [-0.4, -0.2) is 42.5 Å². The Morgan fingerprint density at radius 2 is 2.11 bits per heavy atom. The van der Waals surface area contributed by atoms with E-state index in [0.29, 0.717) is 17.9 Å². The summed E-state index contributed by atoms with van der Waals surface area (Å²) in [5, 5.41) is 0. The minimum absolute atomic E-state index is 0.337. The smallest absolute Gasteiger partial charge is 0.131 e. The molecule has 0 radical (unpaired) electrons. The van der Waals surface area contributed by atoms with Gasteiger partial charge in [-0.2, -0.15) is 0 Å². The van der Waals surface area contributed by atoms with Crippen molar-refractivity contribution < 1.29 is 9.53 Å². The largest absolute Gasteiger partial charge is 0.378 e. The van der Waals surface area contributed by atoms with Crippen LogP contribution in [0.15, 0.2) is 0 Å². The molecule has 0 aliphatic carbocycles. The quantitative estimate of drug-likeness (QED) is 0.754. The van der Waals surface area contributed by atoms with Crippen molar-refractivity contribution in [3.05, 3.63) is 0 Å². The molecule has 2 aliphatic heterocycles. The molecule has 0 spiro atoms. The zero-order chi connectivity index (χ0) is 12.8. The summed E-state index contributed by atoms with van der Waals surface area (Å²) < 4.78 is 5.70. The lowest BCUT2D eigenvalue weighted by molar-refractivity contribution is -0.118. The van der Waals surface area contributed by atoms with E-state index >= 15 is 0 Å². The van der Waals surface area contributed by atoms with Gasteiger partial charge in [0.2, 0.25) is 0 Å². The Kier molecular flexibility index (Phi) is 5.64. The third kappa shape index (κ3) is 4.36. The summed E-state index contributed by atoms with van der Waals surface area (Å²) in [7, 11) is 0. The Morgan fingerprint density at radius 1 is 1.22 bits per heavy atom.